The van der Waals surface area contributed by atoms with Crippen LogP contribution in [0.2, 0.25) is 0 Å². The minimum Gasteiger partial charge on any atom is -0.399 e. The van der Waals surface area contributed by atoms with Gasteiger partial charge >= 0.3 is 0 Å². The molecule has 0 spiro atoms. The minimum absolute atomic E-state index is 0.0484. The molecule has 0 bridgehead atoms. The van der Waals surface area contributed by atoms with Crippen molar-refractivity contribution in [1.29, 1.82) is 5.26 Å². The number of benzene rings is 2. The van der Waals surface area contributed by atoms with E-state index in [1.165, 1.54) is 16.2 Å². The van der Waals surface area contributed by atoms with E-state index >= 15 is 0 Å². The normalized spacial score (nSPS) is 38.0. The Morgan fingerprint density at radius 3 is 1.94 bits per heavy atom. The molecule has 9 atom stereocenters. The molecule has 9 unspecified atom stereocenters. The highest BCUT2D eigenvalue weighted by atomic mass is 32.2. The lowest BCUT2D eigenvalue weighted by Gasteiger charge is -2.49. The van der Waals surface area contributed by atoms with Crippen molar-refractivity contribution in [1.82, 2.24) is 5.32 Å². The summed E-state index contributed by atoms with van der Waals surface area (Å²) in [5.41, 5.74) is 13.4. The maximum atomic E-state index is 12.7. The number of hydrogen-bond acceptors (Lipinski definition) is 6. The van der Waals surface area contributed by atoms with Gasteiger partial charge in [-0.3, -0.25) is 4.79 Å². The molecule has 1 saturated heterocycles. The van der Waals surface area contributed by atoms with E-state index < -0.39 is 5.92 Å². The molecule has 6 rings (SSSR count). The van der Waals surface area contributed by atoms with Gasteiger partial charge in [0.2, 0.25) is 5.91 Å². The Bertz CT molecular complexity index is 1110. The van der Waals surface area contributed by atoms with E-state index in [0.717, 1.165) is 30.6 Å². The molecule has 7 heteroatoms. The lowest BCUT2D eigenvalue weighted by Crippen LogP contribution is -2.48. The molecule has 4 fully saturated rings. The number of anilines is 2. The number of hydrogen-bond donors (Lipinski definition) is 3. The van der Waals surface area contributed by atoms with Crippen LogP contribution in [0, 0.1) is 46.8 Å². The van der Waals surface area contributed by atoms with Crippen molar-refractivity contribution in [2.75, 3.05) is 11.5 Å². The fraction of sp³-hybridized carbons (Fsp3) is 0.481. The quantitative estimate of drug-likeness (QED) is 0.532. The third-order valence-corrected chi connectivity index (χ3v) is 11.5. The lowest BCUT2D eigenvalue weighted by molar-refractivity contribution is -0.122. The fourth-order valence-electron chi connectivity index (χ4n) is 7.46. The molecule has 3 aliphatic carbocycles. The summed E-state index contributed by atoms with van der Waals surface area (Å²) in [7, 11) is 0. The SMILES string of the molecule is N#CC1C(=O)NC2C1C1CCC(Sc3ccc(N)cc3)C3CCC(Sc4ccc(N)cc4)C2C31. The highest BCUT2D eigenvalue weighted by Gasteiger charge is 2.65. The van der Waals surface area contributed by atoms with Crippen LogP contribution in [-0.4, -0.2) is 22.4 Å². The Labute approximate surface area is 209 Å². The number of carbonyl (C=O) groups excluding carboxylic acids is 1. The summed E-state index contributed by atoms with van der Waals surface area (Å²) in [4.78, 5) is 15.2. The largest absolute Gasteiger partial charge is 0.399 e. The van der Waals surface area contributed by atoms with Crippen molar-refractivity contribution in [2.45, 2.75) is 52.0 Å². The second-order valence-corrected chi connectivity index (χ2v) is 12.9. The van der Waals surface area contributed by atoms with Gasteiger partial charge in [0.05, 0.1) is 6.07 Å². The van der Waals surface area contributed by atoms with Gasteiger partial charge in [-0.05, 0) is 97.9 Å². The van der Waals surface area contributed by atoms with E-state index in [2.05, 4.69) is 35.7 Å². The Morgan fingerprint density at radius 2 is 1.32 bits per heavy atom. The van der Waals surface area contributed by atoms with Gasteiger partial charge in [0.1, 0.15) is 5.92 Å². The van der Waals surface area contributed by atoms with E-state index in [1.807, 2.05) is 47.8 Å². The Morgan fingerprint density at radius 1 is 0.765 bits per heavy atom. The average molecular weight is 491 g/mol. The third-order valence-electron chi connectivity index (χ3n) is 8.68. The number of thioether (sulfide) groups is 2. The zero-order chi connectivity index (χ0) is 23.4. The second kappa shape index (κ2) is 8.73. The Balaban J connectivity index is 1.31. The molecule has 1 aliphatic heterocycles. The summed E-state index contributed by atoms with van der Waals surface area (Å²) in [5.74, 6) is 1.67. The van der Waals surface area contributed by atoms with Crippen molar-refractivity contribution in [2.24, 2.45) is 35.5 Å². The van der Waals surface area contributed by atoms with Crippen molar-refractivity contribution in [3.05, 3.63) is 48.5 Å². The van der Waals surface area contributed by atoms with Crippen LogP contribution in [0.25, 0.3) is 0 Å². The molecule has 5 N–H and O–H groups in total. The second-order valence-electron chi connectivity index (χ2n) is 10.3. The molecular formula is C27H30N4OS2. The predicted octanol–water partition coefficient (Wildman–Crippen LogP) is 4.79. The van der Waals surface area contributed by atoms with Gasteiger partial charge < -0.3 is 16.8 Å². The number of nitrogen functional groups attached to an aromatic ring is 2. The number of fused-ring (bicyclic) bond motifs is 3. The maximum absolute atomic E-state index is 12.7. The molecular weight excluding hydrogens is 460 g/mol. The molecule has 3 saturated carbocycles. The topological polar surface area (TPSA) is 105 Å². The van der Waals surface area contributed by atoms with Gasteiger partial charge in [-0.15, -0.1) is 23.5 Å². The van der Waals surface area contributed by atoms with Crippen molar-refractivity contribution in [3.8, 4) is 6.07 Å². The molecule has 2 aromatic rings. The molecule has 2 aromatic carbocycles. The molecule has 5 nitrogen and oxygen atoms in total. The zero-order valence-corrected chi connectivity index (χ0v) is 20.6. The zero-order valence-electron chi connectivity index (χ0n) is 19.0. The minimum atomic E-state index is -0.496. The van der Waals surface area contributed by atoms with E-state index in [1.54, 1.807) is 0 Å². The summed E-state index contributed by atoms with van der Waals surface area (Å²) in [5, 5.41) is 14.2. The van der Waals surface area contributed by atoms with Gasteiger partial charge in [0, 0.05) is 43.6 Å². The number of amides is 1. The summed E-state index contributed by atoms with van der Waals surface area (Å²) in [6.45, 7) is 0. The predicted molar refractivity (Wildman–Crippen MR) is 138 cm³/mol. The molecule has 176 valence electrons. The number of nitrogens with one attached hydrogen (secondary N) is 1. The fourth-order valence-corrected chi connectivity index (χ4v) is 10.3. The molecule has 4 aliphatic rings. The van der Waals surface area contributed by atoms with Crippen LogP contribution in [0.4, 0.5) is 11.4 Å². The molecule has 0 radical (unpaired) electrons. The molecule has 1 amide bonds. The number of nitrogens with zero attached hydrogens (tertiary/aromatic N) is 1. The number of nitriles is 1. The van der Waals surface area contributed by atoms with Gasteiger partial charge in [-0.25, -0.2) is 0 Å². The molecule has 1 heterocycles. The maximum Gasteiger partial charge on any atom is 0.237 e. The van der Waals surface area contributed by atoms with Crippen LogP contribution in [-0.2, 0) is 4.79 Å². The van der Waals surface area contributed by atoms with Crippen LogP contribution < -0.4 is 16.8 Å². The van der Waals surface area contributed by atoms with E-state index in [-0.39, 0.29) is 17.9 Å². The number of carbonyl (C=O) groups is 1. The van der Waals surface area contributed by atoms with Crippen molar-refractivity contribution < 1.29 is 4.79 Å². The Hall–Kier alpha value is -2.30. The van der Waals surface area contributed by atoms with Gasteiger partial charge in [-0.2, -0.15) is 5.26 Å². The smallest absolute Gasteiger partial charge is 0.237 e. The molecule has 0 aromatic heterocycles. The first-order valence-electron chi connectivity index (χ1n) is 12.3. The first kappa shape index (κ1) is 22.2. The standard InChI is InChI=1S/C27H30N4OS2/c28-13-20-24-19-10-11-21(33-16-5-1-14(29)2-6-16)18-9-12-22(34-17-7-3-15(30)4-8-17)25(23(18)19)26(24)31-27(20)32/h1-8,18-26H,9-12,29-30H2,(H,31,32). The van der Waals surface area contributed by atoms with Gasteiger partial charge in [0.25, 0.3) is 0 Å². The van der Waals surface area contributed by atoms with Crippen molar-refractivity contribution >= 4 is 40.8 Å². The van der Waals surface area contributed by atoms with Gasteiger partial charge in [-0.1, -0.05) is 0 Å². The summed E-state index contributed by atoms with van der Waals surface area (Å²) in [6.07, 6.45) is 4.61. The third kappa shape index (κ3) is 3.67. The van der Waals surface area contributed by atoms with Crippen LogP contribution in [0.3, 0.4) is 0 Å². The first-order chi connectivity index (χ1) is 16.5. The summed E-state index contributed by atoms with van der Waals surface area (Å²) >= 11 is 3.95. The Kier molecular flexibility index (Phi) is 5.69. The van der Waals surface area contributed by atoms with Crippen LogP contribution in [0.15, 0.2) is 58.3 Å². The lowest BCUT2D eigenvalue weighted by atomic mass is 9.63. The van der Waals surface area contributed by atoms with Crippen LogP contribution >= 0.6 is 23.5 Å². The monoisotopic (exact) mass is 490 g/mol. The molecule has 34 heavy (non-hydrogen) atoms. The summed E-state index contributed by atoms with van der Waals surface area (Å²) < 4.78 is 0. The van der Waals surface area contributed by atoms with Crippen molar-refractivity contribution in [3.63, 3.8) is 0 Å². The van der Waals surface area contributed by atoms with E-state index in [0.29, 0.717) is 34.2 Å². The average Bonchev–Trinajstić information content (AvgIpc) is 3.33. The number of rotatable bonds is 4. The van der Waals surface area contributed by atoms with E-state index in [9.17, 15) is 10.1 Å². The summed E-state index contributed by atoms with van der Waals surface area (Å²) in [6, 6.07) is 18.9. The van der Waals surface area contributed by atoms with Crippen LogP contribution in [0.1, 0.15) is 25.7 Å². The van der Waals surface area contributed by atoms with Gasteiger partial charge in [0.15, 0.2) is 0 Å². The van der Waals surface area contributed by atoms with E-state index in [4.69, 9.17) is 11.5 Å². The van der Waals surface area contributed by atoms with Crippen LogP contribution in [0.5, 0.6) is 0 Å². The first-order valence-corrected chi connectivity index (χ1v) is 14.0. The number of nitrogens with two attached hydrogens (primary N) is 2. The highest BCUT2D eigenvalue weighted by Crippen LogP contribution is 2.63. The highest BCUT2D eigenvalue weighted by molar-refractivity contribution is 8.00.